The molecule has 0 bridgehead atoms. The summed E-state index contributed by atoms with van der Waals surface area (Å²) in [6, 6.07) is 0. The van der Waals surface area contributed by atoms with Crippen LogP contribution in [0.4, 0.5) is 4.39 Å². The topological polar surface area (TPSA) is 29.5 Å². The Kier molecular flexibility index (Phi) is 12.0. The van der Waals surface area contributed by atoms with Crippen LogP contribution in [0.2, 0.25) is 0 Å². The Hall–Kier alpha value is -0.150. The Morgan fingerprint density at radius 3 is 2.00 bits per heavy atom. The van der Waals surface area contributed by atoms with Crippen molar-refractivity contribution in [1.82, 2.24) is 0 Å². The monoisotopic (exact) mass is 166 g/mol. The van der Waals surface area contributed by atoms with E-state index in [1.807, 2.05) is 13.8 Å². The van der Waals surface area contributed by atoms with Crippen molar-refractivity contribution in [3.05, 3.63) is 0 Å². The van der Waals surface area contributed by atoms with E-state index in [0.717, 1.165) is 6.42 Å². The van der Waals surface area contributed by atoms with E-state index in [0.29, 0.717) is 7.18 Å². The summed E-state index contributed by atoms with van der Waals surface area (Å²) in [5.74, 6) is 0. The summed E-state index contributed by atoms with van der Waals surface area (Å²) in [7, 11) is 0.500. The van der Waals surface area contributed by atoms with E-state index in [9.17, 15) is 4.39 Å². The van der Waals surface area contributed by atoms with Crippen LogP contribution in [-0.4, -0.2) is 31.1 Å². The second kappa shape index (κ2) is 9.85. The maximum atomic E-state index is 9.50. The highest BCUT2D eigenvalue weighted by molar-refractivity contribution is 4.50. The Morgan fingerprint density at radius 2 is 1.73 bits per heavy atom. The number of rotatable bonds is 4. The number of aliphatic hydroxyl groups is 1. The smallest absolute Gasteiger partial charge is 0.0785 e. The maximum absolute atomic E-state index is 9.50. The van der Waals surface area contributed by atoms with Crippen molar-refractivity contribution in [2.75, 3.05) is 13.8 Å². The number of hydrogen-bond donors (Lipinski definition) is 1. The van der Waals surface area contributed by atoms with Crippen LogP contribution >= 0.6 is 0 Å². The molecule has 0 saturated carbocycles. The molecule has 0 aliphatic carbocycles. The molecule has 2 unspecified atom stereocenters. The summed E-state index contributed by atoms with van der Waals surface area (Å²) in [5, 5.41) is 8.55. The molecule has 0 saturated heterocycles. The van der Waals surface area contributed by atoms with Crippen molar-refractivity contribution in [3.8, 4) is 0 Å². The van der Waals surface area contributed by atoms with Gasteiger partial charge in [-0.15, -0.1) is 0 Å². The molecule has 0 rings (SSSR count). The molecule has 2 atom stereocenters. The molecule has 3 heteroatoms. The molecule has 0 aromatic heterocycles. The van der Waals surface area contributed by atoms with Crippen molar-refractivity contribution >= 4 is 0 Å². The zero-order valence-corrected chi connectivity index (χ0v) is 7.80. The molecule has 0 amide bonds. The first-order chi connectivity index (χ1) is 5.20. The summed E-state index contributed by atoms with van der Waals surface area (Å²) in [5.41, 5.74) is 0. The third-order valence-corrected chi connectivity index (χ3v) is 1.30. The van der Waals surface area contributed by atoms with Crippen molar-refractivity contribution < 1.29 is 14.2 Å². The molecule has 0 fully saturated rings. The molecule has 11 heavy (non-hydrogen) atoms. The van der Waals surface area contributed by atoms with Gasteiger partial charge >= 0.3 is 0 Å². The van der Waals surface area contributed by atoms with Gasteiger partial charge in [0.05, 0.1) is 26.0 Å². The fraction of sp³-hybridized carbons (Fsp3) is 1.00. The molecule has 0 radical (unpaired) electrons. The first-order valence-corrected chi connectivity index (χ1v) is 3.84. The lowest BCUT2D eigenvalue weighted by Gasteiger charge is -2.14. The van der Waals surface area contributed by atoms with Gasteiger partial charge in [-0.1, -0.05) is 6.92 Å². The van der Waals surface area contributed by atoms with Crippen molar-refractivity contribution in [1.29, 1.82) is 0 Å². The second-order valence-corrected chi connectivity index (χ2v) is 2.35. The second-order valence-electron chi connectivity index (χ2n) is 2.35. The molecule has 0 aromatic rings. The first kappa shape index (κ1) is 13.4. The molecule has 0 aliphatic heterocycles. The van der Waals surface area contributed by atoms with Gasteiger partial charge in [0.2, 0.25) is 0 Å². The van der Waals surface area contributed by atoms with Crippen LogP contribution in [0.25, 0.3) is 0 Å². The lowest BCUT2D eigenvalue weighted by atomic mass is 10.3. The standard InChI is InChI=1S/C7H16O2.CH3F/c1-4-6(2)9-7(3)5-8;1-2/h6-8H,4-5H2,1-3H3;1H3. The zero-order chi connectivity index (χ0) is 9.28. The Labute approximate surface area is 68.4 Å². The highest BCUT2D eigenvalue weighted by Crippen LogP contribution is 1.99. The third kappa shape index (κ3) is 9.85. The third-order valence-electron chi connectivity index (χ3n) is 1.30. The first-order valence-electron chi connectivity index (χ1n) is 3.84. The molecule has 1 N–H and O–H groups in total. The molecule has 0 aromatic carbocycles. The summed E-state index contributed by atoms with van der Waals surface area (Å²) >= 11 is 0. The highest BCUT2D eigenvalue weighted by Gasteiger charge is 2.03. The van der Waals surface area contributed by atoms with Gasteiger partial charge in [-0.05, 0) is 20.3 Å². The minimum Gasteiger partial charge on any atom is -0.394 e. The number of ether oxygens (including phenoxy) is 1. The highest BCUT2D eigenvalue weighted by atomic mass is 19.1. The van der Waals surface area contributed by atoms with Gasteiger partial charge in [0, 0.05) is 0 Å². The van der Waals surface area contributed by atoms with Crippen LogP contribution in [0.15, 0.2) is 0 Å². The van der Waals surface area contributed by atoms with E-state index in [4.69, 9.17) is 9.84 Å². The average Bonchev–Trinajstić information content (AvgIpc) is 2.07. The van der Waals surface area contributed by atoms with Gasteiger partial charge < -0.3 is 9.84 Å². The lowest BCUT2D eigenvalue weighted by molar-refractivity contribution is -0.0217. The van der Waals surface area contributed by atoms with Crippen molar-refractivity contribution in [2.45, 2.75) is 39.4 Å². The van der Waals surface area contributed by atoms with Crippen LogP contribution in [0.5, 0.6) is 0 Å². The Bertz CT molecular complexity index is 61.1. The average molecular weight is 166 g/mol. The molecule has 0 spiro atoms. The summed E-state index contributed by atoms with van der Waals surface area (Å²) < 4.78 is 14.8. The van der Waals surface area contributed by atoms with Crippen LogP contribution in [0.3, 0.4) is 0 Å². The van der Waals surface area contributed by atoms with Crippen LogP contribution in [0.1, 0.15) is 27.2 Å². The van der Waals surface area contributed by atoms with Gasteiger partial charge in [-0.2, -0.15) is 0 Å². The predicted molar refractivity (Wildman–Crippen MR) is 44.4 cm³/mol. The van der Waals surface area contributed by atoms with E-state index >= 15 is 0 Å². The van der Waals surface area contributed by atoms with E-state index in [1.165, 1.54) is 0 Å². The van der Waals surface area contributed by atoms with Crippen LogP contribution < -0.4 is 0 Å². The molecular formula is C8H19FO2. The van der Waals surface area contributed by atoms with Gasteiger partial charge in [0.25, 0.3) is 0 Å². The summed E-state index contributed by atoms with van der Waals surface area (Å²) in [6.45, 7) is 6.05. The fourth-order valence-electron chi connectivity index (χ4n) is 0.536. The molecule has 0 heterocycles. The molecule has 70 valence electrons. The normalized spacial score (nSPS) is 14.7. The number of alkyl halides is 1. The quantitative estimate of drug-likeness (QED) is 0.689. The van der Waals surface area contributed by atoms with Gasteiger partial charge in [-0.25, -0.2) is 0 Å². The molecule has 2 nitrogen and oxygen atoms in total. The Balaban J connectivity index is 0. The minimum absolute atomic E-state index is 0.0139. The summed E-state index contributed by atoms with van der Waals surface area (Å²) in [4.78, 5) is 0. The van der Waals surface area contributed by atoms with Crippen molar-refractivity contribution in [2.24, 2.45) is 0 Å². The van der Waals surface area contributed by atoms with E-state index in [2.05, 4.69) is 6.92 Å². The van der Waals surface area contributed by atoms with Gasteiger partial charge in [-0.3, -0.25) is 4.39 Å². The molecular weight excluding hydrogens is 147 g/mol. The van der Waals surface area contributed by atoms with E-state index in [1.54, 1.807) is 0 Å². The lowest BCUT2D eigenvalue weighted by Crippen LogP contribution is -2.19. The number of hydrogen-bond acceptors (Lipinski definition) is 2. The van der Waals surface area contributed by atoms with E-state index < -0.39 is 0 Å². The molecule has 0 aliphatic rings. The maximum Gasteiger partial charge on any atom is 0.0785 e. The van der Waals surface area contributed by atoms with E-state index in [-0.39, 0.29) is 18.8 Å². The zero-order valence-electron chi connectivity index (χ0n) is 7.80. The van der Waals surface area contributed by atoms with Crippen LogP contribution in [0, 0.1) is 0 Å². The Morgan fingerprint density at radius 1 is 1.27 bits per heavy atom. The van der Waals surface area contributed by atoms with Crippen LogP contribution in [-0.2, 0) is 4.74 Å². The van der Waals surface area contributed by atoms with Gasteiger partial charge in [0.15, 0.2) is 0 Å². The SMILES string of the molecule is CCC(C)OC(C)CO.CF. The minimum atomic E-state index is -0.0139. The number of aliphatic hydroxyl groups excluding tert-OH is 1. The van der Waals surface area contributed by atoms with Gasteiger partial charge in [0.1, 0.15) is 0 Å². The predicted octanol–water partition coefficient (Wildman–Crippen LogP) is 1.77. The summed E-state index contributed by atoms with van der Waals surface area (Å²) in [6.07, 6.45) is 1.26. The number of halogens is 1. The fourth-order valence-corrected chi connectivity index (χ4v) is 0.536. The largest absolute Gasteiger partial charge is 0.394 e. The van der Waals surface area contributed by atoms with Crippen molar-refractivity contribution in [3.63, 3.8) is 0 Å².